The summed E-state index contributed by atoms with van der Waals surface area (Å²) in [6.07, 6.45) is 7.26. The molecule has 5 rings (SSSR count). The second kappa shape index (κ2) is 12.1. The standard InChI is InChI=1S/C18H19N5O.C12H15NO3/c1-22(13-6-4-3-5-7-13)17-14(11-20)18(24)23(2)15-9-8-12(10-19)21-16(15)17;1-12(2,3)16-13-7-9-4-5-10-11(6-9)15-8-14-10/h8-9,13H,3-7H2,1-2H3;4-7H,8H2,1-3H3/b;13-7+. The first kappa shape index (κ1) is 28.4. The lowest BCUT2D eigenvalue weighted by Crippen LogP contribution is -2.36. The van der Waals surface area contributed by atoms with Crippen molar-refractivity contribution in [2.24, 2.45) is 12.2 Å². The van der Waals surface area contributed by atoms with Crippen LogP contribution in [0, 0.1) is 22.7 Å². The van der Waals surface area contributed by atoms with Crippen LogP contribution < -0.4 is 19.9 Å². The van der Waals surface area contributed by atoms with Crippen LogP contribution in [0.25, 0.3) is 11.0 Å². The van der Waals surface area contributed by atoms with Crippen LogP contribution in [0.3, 0.4) is 0 Å². The molecule has 0 unspecified atom stereocenters. The highest BCUT2D eigenvalue weighted by Crippen LogP contribution is 2.33. The number of pyridine rings is 2. The summed E-state index contributed by atoms with van der Waals surface area (Å²) < 4.78 is 11.9. The van der Waals surface area contributed by atoms with Crippen LogP contribution in [0.5, 0.6) is 11.5 Å². The number of ether oxygens (including phenoxy) is 2. The van der Waals surface area contributed by atoms with Crippen molar-refractivity contribution in [1.29, 1.82) is 10.5 Å². The van der Waals surface area contributed by atoms with Gasteiger partial charge in [-0.15, -0.1) is 0 Å². The highest BCUT2D eigenvalue weighted by Gasteiger charge is 2.26. The summed E-state index contributed by atoms with van der Waals surface area (Å²) in [5.41, 5.74) is 2.44. The van der Waals surface area contributed by atoms with Gasteiger partial charge in [0.25, 0.3) is 5.56 Å². The van der Waals surface area contributed by atoms with Gasteiger partial charge < -0.3 is 23.8 Å². The molecule has 2 aromatic heterocycles. The molecule has 0 bridgehead atoms. The number of hydrogen-bond acceptors (Lipinski definition) is 9. The fourth-order valence-corrected chi connectivity index (χ4v) is 4.79. The molecule has 1 fully saturated rings. The van der Waals surface area contributed by atoms with E-state index in [1.165, 1.54) is 11.0 Å². The average Bonchev–Trinajstić information content (AvgIpc) is 3.42. The average molecular weight is 543 g/mol. The number of nitriles is 2. The van der Waals surface area contributed by atoms with Gasteiger partial charge in [0.1, 0.15) is 34.5 Å². The van der Waals surface area contributed by atoms with Crippen LogP contribution in [0.2, 0.25) is 0 Å². The molecule has 40 heavy (non-hydrogen) atoms. The normalized spacial score (nSPS) is 14.8. The molecule has 3 aromatic rings. The summed E-state index contributed by atoms with van der Waals surface area (Å²) in [7, 11) is 3.55. The quantitative estimate of drug-likeness (QED) is 0.333. The first-order chi connectivity index (χ1) is 19.1. The van der Waals surface area contributed by atoms with E-state index in [1.54, 1.807) is 25.4 Å². The molecule has 0 N–H and O–H groups in total. The van der Waals surface area contributed by atoms with E-state index in [0.29, 0.717) is 16.7 Å². The molecule has 0 spiro atoms. The minimum atomic E-state index is -0.325. The van der Waals surface area contributed by atoms with E-state index in [2.05, 4.69) is 16.2 Å². The Morgan fingerprint density at radius 2 is 1.82 bits per heavy atom. The van der Waals surface area contributed by atoms with Gasteiger partial charge in [-0.05, 0) is 63.9 Å². The number of oxime groups is 1. The molecule has 3 heterocycles. The van der Waals surface area contributed by atoms with Gasteiger partial charge in [0.05, 0.1) is 17.4 Å². The summed E-state index contributed by atoms with van der Waals surface area (Å²) in [4.78, 5) is 24.3. The molecule has 0 atom stereocenters. The number of aryl methyl sites for hydroxylation is 1. The molecule has 0 amide bonds. The van der Waals surface area contributed by atoms with Crippen LogP contribution in [-0.2, 0) is 11.9 Å². The molecule has 10 nitrogen and oxygen atoms in total. The molecule has 1 aliphatic carbocycles. The number of nitrogens with zero attached hydrogens (tertiary/aromatic N) is 6. The highest BCUT2D eigenvalue weighted by molar-refractivity contribution is 5.92. The third-order valence-corrected chi connectivity index (χ3v) is 6.84. The molecule has 0 radical (unpaired) electrons. The number of benzene rings is 1. The highest BCUT2D eigenvalue weighted by atomic mass is 16.7. The molecule has 1 aliphatic heterocycles. The maximum atomic E-state index is 12.6. The van der Waals surface area contributed by atoms with Crippen molar-refractivity contribution < 1.29 is 14.3 Å². The molecule has 2 aliphatic rings. The second-order valence-electron chi connectivity index (χ2n) is 10.8. The number of aromatic nitrogens is 2. The Labute approximate surface area is 234 Å². The predicted molar refractivity (Wildman–Crippen MR) is 153 cm³/mol. The van der Waals surface area contributed by atoms with Crippen molar-refractivity contribution >= 4 is 22.9 Å². The van der Waals surface area contributed by atoms with Crippen molar-refractivity contribution in [3.05, 3.63) is 57.5 Å². The summed E-state index contributed by atoms with van der Waals surface area (Å²) >= 11 is 0. The van der Waals surface area contributed by atoms with Gasteiger partial charge in [-0.1, -0.05) is 24.4 Å². The Kier molecular flexibility index (Phi) is 8.59. The Hall–Kier alpha value is -4.57. The van der Waals surface area contributed by atoms with Crippen molar-refractivity contribution in [1.82, 2.24) is 9.55 Å². The van der Waals surface area contributed by atoms with Crippen molar-refractivity contribution in [3.8, 4) is 23.6 Å². The van der Waals surface area contributed by atoms with E-state index in [4.69, 9.17) is 19.6 Å². The molecule has 0 saturated heterocycles. The van der Waals surface area contributed by atoms with Crippen molar-refractivity contribution in [2.45, 2.75) is 64.5 Å². The maximum absolute atomic E-state index is 12.6. The summed E-state index contributed by atoms with van der Waals surface area (Å²) in [5, 5.41) is 22.7. The zero-order valence-corrected chi connectivity index (χ0v) is 23.6. The molecule has 1 aromatic carbocycles. The summed E-state index contributed by atoms with van der Waals surface area (Å²) in [6.45, 7) is 6.13. The fraction of sp³-hybridized carbons (Fsp3) is 0.433. The summed E-state index contributed by atoms with van der Waals surface area (Å²) in [5.74, 6) is 1.52. The lowest BCUT2D eigenvalue weighted by Gasteiger charge is -2.33. The third kappa shape index (κ3) is 6.35. The van der Waals surface area contributed by atoms with Crippen LogP contribution in [-0.4, -0.2) is 41.2 Å². The zero-order chi connectivity index (χ0) is 28.9. The van der Waals surface area contributed by atoms with E-state index in [1.807, 2.05) is 57.0 Å². The maximum Gasteiger partial charge on any atom is 0.270 e. The first-order valence-corrected chi connectivity index (χ1v) is 13.3. The van der Waals surface area contributed by atoms with Gasteiger partial charge in [0.15, 0.2) is 11.5 Å². The van der Waals surface area contributed by atoms with Gasteiger partial charge >= 0.3 is 0 Å². The minimum absolute atomic E-state index is 0.0978. The van der Waals surface area contributed by atoms with Gasteiger partial charge in [0, 0.05) is 25.7 Å². The summed E-state index contributed by atoms with van der Waals surface area (Å²) in [6, 6.07) is 13.3. The van der Waals surface area contributed by atoms with Crippen LogP contribution in [0.15, 0.2) is 40.3 Å². The smallest absolute Gasteiger partial charge is 0.270 e. The van der Waals surface area contributed by atoms with Crippen molar-refractivity contribution in [3.63, 3.8) is 0 Å². The zero-order valence-electron chi connectivity index (χ0n) is 23.6. The molecular formula is C30H34N6O4. The van der Waals surface area contributed by atoms with Gasteiger partial charge in [-0.3, -0.25) is 4.79 Å². The Bertz CT molecular complexity index is 1550. The lowest BCUT2D eigenvalue weighted by molar-refractivity contribution is 0.00199. The first-order valence-electron chi connectivity index (χ1n) is 13.3. The molecule has 1 saturated carbocycles. The SMILES string of the molecule is CC(C)(C)O/N=C/c1ccc2c(c1)OCO2.CN(c1c(C#N)c(=O)n(C)c2ccc(C#N)nc12)C1CCCCC1. The van der Waals surface area contributed by atoms with Crippen LogP contribution >= 0.6 is 0 Å². The van der Waals surface area contributed by atoms with Crippen molar-refractivity contribution in [2.75, 3.05) is 18.7 Å². The Morgan fingerprint density at radius 3 is 2.50 bits per heavy atom. The predicted octanol–water partition coefficient (Wildman–Crippen LogP) is 5.01. The topological polar surface area (TPSA) is 126 Å². The minimum Gasteiger partial charge on any atom is -0.454 e. The Morgan fingerprint density at radius 1 is 1.10 bits per heavy atom. The van der Waals surface area contributed by atoms with E-state index in [-0.39, 0.29) is 35.3 Å². The molecule has 208 valence electrons. The molecule has 10 heteroatoms. The largest absolute Gasteiger partial charge is 0.454 e. The third-order valence-electron chi connectivity index (χ3n) is 6.84. The number of anilines is 1. The van der Waals surface area contributed by atoms with Gasteiger partial charge in [-0.2, -0.15) is 10.5 Å². The lowest BCUT2D eigenvalue weighted by atomic mass is 9.93. The van der Waals surface area contributed by atoms with E-state index >= 15 is 0 Å². The number of fused-ring (bicyclic) bond motifs is 2. The fourth-order valence-electron chi connectivity index (χ4n) is 4.79. The number of rotatable bonds is 4. The van der Waals surface area contributed by atoms with Gasteiger partial charge in [-0.25, -0.2) is 4.98 Å². The monoisotopic (exact) mass is 542 g/mol. The van der Waals surface area contributed by atoms with Gasteiger partial charge in [0.2, 0.25) is 6.79 Å². The van der Waals surface area contributed by atoms with E-state index in [0.717, 1.165) is 42.7 Å². The molecular weight excluding hydrogens is 508 g/mol. The second-order valence-corrected chi connectivity index (χ2v) is 10.8. The van der Waals surface area contributed by atoms with E-state index in [9.17, 15) is 10.1 Å². The van der Waals surface area contributed by atoms with Crippen LogP contribution in [0.4, 0.5) is 5.69 Å². The van der Waals surface area contributed by atoms with E-state index < -0.39 is 0 Å². The Balaban J connectivity index is 0.000000201. The van der Waals surface area contributed by atoms with Crippen LogP contribution in [0.1, 0.15) is 69.7 Å². The number of hydrogen-bond donors (Lipinski definition) is 0.